The number of aryl methyl sites for hydroxylation is 2. The van der Waals surface area contributed by atoms with E-state index in [0.29, 0.717) is 10.9 Å². The lowest BCUT2D eigenvalue weighted by molar-refractivity contribution is 0.265. The molecule has 3 aromatic carbocycles. The summed E-state index contributed by atoms with van der Waals surface area (Å²) >= 11 is 7.24. The predicted octanol–water partition coefficient (Wildman–Crippen LogP) is 7.34. The number of nitrogens with one attached hydrogen (secondary N) is 1. The smallest absolute Gasteiger partial charge is 0.289 e. The summed E-state index contributed by atoms with van der Waals surface area (Å²) in [4.78, 5) is 17.7. The summed E-state index contributed by atoms with van der Waals surface area (Å²) < 4.78 is 1.84. The van der Waals surface area contributed by atoms with Crippen molar-refractivity contribution in [1.29, 1.82) is 0 Å². The third-order valence-electron chi connectivity index (χ3n) is 5.56. The normalized spacial score (nSPS) is 15.8. The van der Waals surface area contributed by atoms with E-state index in [-0.39, 0.29) is 5.24 Å². The summed E-state index contributed by atoms with van der Waals surface area (Å²) in [6.45, 7) is 4.11. The van der Waals surface area contributed by atoms with Crippen molar-refractivity contribution in [3.05, 3.63) is 106 Å². The van der Waals surface area contributed by atoms with Crippen molar-refractivity contribution in [3.63, 3.8) is 0 Å². The Kier molecular flexibility index (Phi) is 6.09. The molecule has 2 heterocycles. The number of nitrogens with zero attached hydrogens (tertiary/aromatic N) is 3. The molecule has 0 aliphatic carbocycles. The lowest BCUT2D eigenvalue weighted by Gasteiger charge is -2.03. The lowest BCUT2D eigenvalue weighted by atomic mass is 10.1. The molecule has 0 bridgehead atoms. The van der Waals surface area contributed by atoms with Gasteiger partial charge in [0.15, 0.2) is 0 Å². The van der Waals surface area contributed by atoms with Crippen molar-refractivity contribution >= 4 is 46.2 Å². The molecule has 0 spiro atoms. The van der Waals surface area contributed by atoms with E-state index in [1.165, 1.54) is 5.56 Å². The molecule has 0 radical (unpaired) electrons. The number of halogens is 1. The molecule has 0 saturated carbocycles. The first-order valence-electron chi connectivity index (χ1n) is 10.7. The van der Waals surface area contributed by atoms with Crippen LogP contribution in [0.5, 0.6) is 0 Å². The zero-order valence-electron chi connectivity index (χ0n) is 18.6. The lowest BCUT2D eigenvalue weighted by Crippen LogP contribution is -2.18. The van der Waals surface area contributed by atoms with E-state index in [0.717, 1.165) is 50.4 Å². The fourth-order valence-electron chi connectivity index (χ4n) is 3.62. The number of carbonyl (C=O) groups is 1. The Labute approximate surface area is 207 Å². The van der Waals surface area contributed by atoms with Crippen molar-refractivity contribution in [2.45, 2.75) is 13.8 Å². The average Bonchev–Trinajstić information content (AvgIpc) is 3.40. The van der Waals surface area contributed by atoms with E-state index >= 15 is 0 Å². The fourth-order valence-corrected chi connectivity index (χ4v) is 4.47. The van der Waals surface area contributed by atoms with Gasteiger partial charge in [-0.05, 0) is 79.2 Å². The molecule has 0 unspecified atom stereocenters. The largest absolute Gasteiger partial charge is 0.300 e. The van der Waals surface area contributed by atoms with Crippen LogP contribution in [0.2, 0.25) is 5.02 Å². The number of aromatic nitrogens is 2. The number of benzene rings is 3. The van der Waals surface area contributed by atoms with Crippen molar-refractivity contribution < 1.29 is 4.79 Å². The summed E-state index contributed by atoms with van der Waals surface area (Å²) in [6, 6.07) is 23.5. The standard InChI is InChI=1S/C27H21ClN4OS/c1-17-8-13-22(14-18(17)2)29-26-24(34-27(33)30-26)15-20-16-32(23-6-4-3-5-7-23)31-25(20)19-9-11-21(28)12-10-19/h3-16H,1-2H3,(H,29,30,33)/b24-15-. The summed E-state index contributed by atoms with van der Waals surface area (Å²) in [5.41, 5.74) is 6.69. The molecule has 1 fully saturated rings. The van der Waals surface area contributed by atoms with Gasteiger partial charge in [-0.25, -0.2) is 9.67 Å². The van der Waals surface area contributed by atoms with Gasteiger partial charge in [0.25, 0.3) is 5.24 Å². The summed E-state index contributed by atoms with van der Waals surface area (Å²) in [5.74, 6) is 0.535. The number of carbonyl (C=O) groups excluding carboxylic acids is 1. The van der Waals surface area contributed by atoms with Gasteiger partial charge in [0.2, 0.25) is 0 Å². The van der Waals surface area contributed by atoms with Gasteiger partial charge in [-0.1, -0.05) is 48.0 Å². The second-order valence-electron chi connectivity index (χ2n) is 7.97. The first-order chi connectivity index (χ1) is 16.5. The molecule has 0 atom stereocenters. The minimum atomic E-state index is -0.155. The highest BCUT2D eigenvalue weighted by molar-refractivity contribution is 8.18. The molecule has 1 saturated heterocycles. The highest BCUT2D eigenvalue weighted by Crippen LogP contribution is 2.33. The first-order valence-corrected chi connectivity index (χ1v) is 11.9. The van der Waals surface area contributed by atoms with E-state index in [2.05, 4.69) is 12.2 Å². The molecule has 7 heteroatoms. The Morgan fingerprint density at radius 3 is 2.50 bits per heavy atom. The Hall–Kier alpha value is -3.61. The zero-order valence-corrected chi connectivity index (χ0v) is 20.2. The number of para-hydroxylation sites is 1. The molecule has 5 rings (SSSR count). The number of aliphatic imine (C=N–C) groups is 1. The van der Waals surface area contributed by atoms with Gasteiger partial charge in [-0.3, -0.25) is 4.79 Å². The number of hydrogen-bond donors (Lipinski definition) is 1. The summed E-state index contributed by atoms with van der Waals surface area (Å²) in [5, 5.41) is 8.23. The highest BCUT2D eigenvalue weighted by Gasteiger charge is 2.25. The minimum Gasteiger partial charge on any atom is -0.300 e. The van der Waals surface area contributed by atoms with Crippen LogP contribution in [0.4, 0.5) is 10.5 Å². The number of thioether (sulfide) groups is 1. The quantitative estimate of drug-likeness (QED) is 0.329. The van der Waals surface area contributed by atoms with Crippen LogP contribution in [0.3, 0.4) is 0 Å². The minimum absolute atomic E-state index is 0.155. The second kappa shape index (κ2) is 9.33. The van der Waals surface area contributed by atoms with Crippen LogP contribution in [0.1, 0.15) is 16.7 Å². The third kappa shape index (κ3) is 4.69. The van der Waals surface area contributed by atoms with Crippen LogP contribution >= 0.6 is 23.4 Å². The van der Waals surface area contributed by atoms with Crippen molar-refractivity contribution in [2.75, 3.05) is 0 Å². The van der Waals surface area contributed by atoms with Gasteiger partial charge < -0.3 is 5.32 Å². The molecule has 5 nitrogen and oxygen atoms in total. The van der Waals surface area contributed by atoms with E-state index < -0.39 is 0 Å². The molecular weight excluding hydrogens is 464 g/mol. The predicted molar refractivity (Wildman–Crippen MR) is 141 cm³/mol. The zero-order chi connectivity index (χ0) is 23.7. The molecule has 1 aliphatic heterocycles. The number of rotatable bonds is 4. The molecule has 168 valence electrons. The Morgan fingerprint density at radius 1 is 1.00 bits per heavy atom. The Bertz CT molecular complexity index is 1440. The molecular formula is C27H21ClN4OS. The van der Waals surface area contributed by atoms with E-state index in [1.807, 2.05) is 96.7 Å². The maximum Gasteiger partial charge on any atom is 0.289 e. The Balaban J connectivity index is 1.61. The van der Waals surface area contributed by atoms with Gasteiger partial charge in [0.05, 0.1) is 22.0 Å². The maximum atomic E-state index is 12.3. The molecule has 4 aromatic rings. The molecule has 34 heavy (non-hydrogen) atoms. The number of hydrogen-bond acceptors (Lipinski definition) is 4. The van der Waals surface area contributed by atoms with Gasteiger partial charge in [-0.2, -0.15) is 5.10 Å². The monoisotopic (exact) mass is 484 g/mol. The van der Waals surface area contributed by atoms with Gasteiger partial charge in [0, 0.05) is 22.3 Å². The fraction of sp³-hybridized carbons (Fsp3) is 0.0741. The second-order valence-corrected chi connectivity index (χ2v) is 9.42. The first kappa shape index (κ1) is 22.2. The third-order valence-corrected chi connectivity index (χ3v) is 6.63. The van der Waals surface area contributed by atoms with Crippen molar-refractivity contribution in [1.82, 2.24) is 15.1 Å². The molecule has 1 aliphatic rings. The molecule has 1 N–H and O–H groups in total. The van der Waals surface area contributed by atoms with Gasteiger partial charge in [0.1, 0.15) is 5.84 Å². The van der Waals surface area contributed by atoms with Gasteiger partial charge in [-0.15, -0.1) is 0 Å². The maximum absolute atomic E-state index is 12.3. The van der Waals surface area contributed by atoms with Gasteiger partial charge >= 0.3 is 0 Å². The van der Waals surface area contributed by atoms with Crippen molar-refractivity contribution in [2.24, 2.45) is 4.99 Å². The number of amides is 1. The number of amidine groups is 1. The topological polar surface area (TPSA) is 59.3 Å². The van der Waals surface area contributed by atoms with Crippen LogP contribution in [-0.4, -0.2) is 20.9 Å². The molecule has 1 amide bonds. The van der Waals surface area contributed by atoms with E-state index in [4.69, 9.17) is 21.7 Å². The van der Waals surface area contributed by atoms with Crippen molar-refractivity contribution in [3.8, 4) is 16.9 Å². The average molecular weight is 485 g/mol. The van der Waals surface area contributed by atoms with E-state index in [1.54, 1.807) is 0 Å². The van der Waals surface area contributed by atoms with Crippen LogP contribution in [0, 0.1) is 13.8 Å². The van der Waals surface area contributed by atoms with Crippen LogP contribution in [0.25, 0.3) is 23.0 Å². The summed E-state index contributed by atoms with van der Waals surface area (Å²) in [7, 11) is 0. The Morgan fingerprint density at radius 2 is 1.76 bits per heavy atom. The van der Waals surface area contributed by atoms with Crippen LogP contribution < -0.4 is 5.32 Å². The van der Waals surface area contributed by atoms with Crippen LogP contribution in [0.15, 0.2) is 88.9 Å². The van der Waals surface area contributed by atoms with Crippen LogP contribution in [-0.2, 0) is 0 Å². The highest BCUT2D eigenvalue weighted by atomic mass is 35.5. The van der Waals surface area contributed by atoms with E-state index in [9.17, 15) is 4.79 Å². The molecule has 1 aromatic heterocycles. The summed E-state index contributed by atoms with van der Waals surface area (Å²) in [6.07, 6.45) is 3.92. The SMILES string of the molecule is Cc1ccc(N=C2NC(=O)S/C2=C\c2cn(-c3ccccc3)nc2-c2ccc(Cl)cc2)cc1C.